The van der Waals surface area contributed by atoms with Crippen LogP contribution in [0, 0.1) is 0 Å². The SMILES string of the molecule is CCCN1C[C@H](c2cc(=O)[nH]cn2)CC1=O. The van der Waals surface area contributed by atoms with Gasteiger partial charge in [-0.25, -0.2) is 4.98 Å². The summed E-state index contributed by atoms with van der Waals surface area (Å²) in [4.78, 5) is 31.2. The van der Waals surface area contributed by atoms with Crippen LogP contribution >= 0.6 is 0 Å². The first-order valence-electron chi connectivity index (χ1n) is 5.53. The van der Waals surface area contributed by atoms with Gasteiger partial charge in [-0.05, 0) is 6.42 Å². The monoisotopic (exact) mass is 221 g/mol. The number of aromatic nitrogens is 2. The highest BCUT2D eigenvalue weighted by Gasteiger charge is 2.30. The van der Waals surface area contributed by atoms with Gasteiger partial charge in [0.1, 0.15) is 0 Å². The lowest BCUT2D eigenvalue weighted by molar-refractivity contribution is -0.127. The predicted octanol–water partition coefficient (Wildman–Crippen LogP) is 0.496. The molecule has 1 atom stereocenters. The van der Waals surface area contributed by atoms with E-state index in [1.165, 1.54) is 12.4 Å². The molecule has 1 aliphatic heterocycles. The van der Waals surface area contributed by atoms with Gasteiger partial charge in [-0.3, -0.25) is 9.59 Å². The minimum atomic E-state index is -0.161. The van der Waals surface area contributed by atoms with E-state index < -0.39 is 0 Å². The molecule has 0 radical (unpaired) electrons. The van der Waals surface area contributed by atoms with Gasteiger partial charge in [0.05, 0.1) is 12.0 Å². The summed E-state index contributed by atoms with van der Waals surface area (Å²) in [5.41, 5.74) is 0.557. The fourth-order valence-electron chi connectivity index (χ4n) is 2.06. The molecule has 1 saturated heterocycles. The van der Waals surface area contributed by atoms with Crippen LogP contribution < -0.4 is 5.56 Å². The van der Waals surface area contributed by atoms with Crippen molar-refractivity contribution in [2.45, 2.75) is 25.7 Å². The van der Waals surface area contributed by atoms with Crippen molar-refractivity contribution >= 4 is 5.91 Å². The number of nitrogens with zero attached hydrogens (tertiary/aromatic N) is 2. The number of hydrogen-bond donors (Lipinski definition) is 1. The highest BCUT2D eigenvalue weighted by molar-refractivity contribution is 5.79. The van der Waals surface area contributed by atoms with Crippen molar-refractivity contribution in [3.05, 3.63) is 28.4 Å². The van der Waals surface area contributed by atoms with E-state index in [0.29, 0.717) is 13.0 Å². The number of nitrogens with one attached hydrogen (secondary N) is 1. The molecule has 2 rings (SSSR count). The van der Waals surface area contributed by atoms with Crippen molar-refractivity contribution in [1.29, 1.82) is 0 Å². The van der Waals surface area contributed by atoms with E-state index in [1.54, 1.807) is 0 Å². The molecular weight excluding hydrogens is 206 g/mol. The number of H-pyrrole nitrogens is 1. The van der Waals surface area contributed by atoms with Gasteiger partial charge in [-0.15, -0.1) is 0 Å². The largest absolute Gasteiger partial charge is 0.342 e. The van der Waals surface area contributed by atoms with Gasteiger partial charge in [0.25, 0.3) is 5.56 Å². The van der Waals surface area contributed by atoms with Crippen LogP contribution in [0.4, 0.5) is 0 Å². The molecule has 16 heavy (non-hydrogen) atoms. The second-order valence-electron chi connectivity index (χ2n) is 4.08. The van der Waals surface area contributed by atoms with Crippen molar-refractivity contribution in [3.8, 4) is 0 Å². The van der Waals surface area contributed by atoms with Crippen LogP contribution in [0.25, 0.3) is 0 Å². The molecule has 0 aromatic carbocycles. The summed E-state index contributed by atoms with van der Waals surface area (Å²) in [7, 11) is 0. The van der Waals surface area contributed by atoms with Gasteiger partial charge >= 0.3 is 0 Å². The topological polar surface area (TPSA) is 66.1 Å². The summed E-state index contributed by atoms with van der Waals surface area (Å²) < 4.78 is 0. The first kappa shape index (κ1) is 10.9. The quantitative estimate of drug-likeness (QED) is 0.808. The van der Waals surface area contributed by atoms with Gasteiger partial charge in [0, 0.05) is 31.5 Å². The summed E-state index contributed by atoms with van der Waals surface area (Å²) >= 11 is 0. The van der Waals surface area contributed by atoms with Gasteiger partial charge in [-0.2, -0.15) is 0 Å². The van der Waals surface area contributed by atoms with E-state index in [-0.39, 0.29) is 17.4 Å². The number of rotatable bonds is 3. The zero-order valence-corrected chi connectivity index (χ0v) is 9.27. The average Bonchev–Trinajstić information content (AvgIpc) is 2.61. The number of hydrogen-bond acceptors (Lipinski definition) is 3. The third-order valence-corrected chi connectivity index (χ3v) is 2.83. The van der Waals surface area contributed by atoms with Crippen LogP contribution in [0.1, 0.15) is 31.4 Å². The summed E-state index contributed by atoms with van der Waals surface area (Å²) in [5.74, 6) is 0.232. The zero-order valence-electron chi connectivity index (χ0n) is 9.27. The van der Waals surface area contributed by atoms with Gasteiger partial charge in [0.15, 0.2) is 0 Å². The van der Waals surface area contributed by atoms with E-state index in [1.807, 2.05) is 11.8 Å². The molecule has 0 bridgehead atoms. The number of carbonyl (C=O) groups excluding carboxylic acids is 1. The zero-order chi connectivity index (χ0) is 11.5. The second kappa shape index (κ2) is 4.47. The molecule has 1 amide bonds. The Bertz CT molecular complexity index is 441. The third-order valence-electron chi connectivity index (χ3n) is 2.83. The van der Waals surface area contributed by atoms with Gasteiger partial charge in [0.2, 0.25) is 5.91 Å². The molecular formula is C11H15N3O2. The fraction of sp³-hybridized carbons (Fsp3) is 0.545. The Kier molecular flexibility index (Phi) is 3.03. The Balaban J connectivity index is 2.13. The normalized spacial score (nSPS) is 20.4. The number of likely N-dealkylation sites (tertiary alicyclic amines) is 1. The van der Waals surface area contributed by atoms with E-state index in [2.05, 4.69) is 9.97 Å². The van der Waals surface area contributed by atoms with E-state index in [4.69, 9.17) is 0 Å². The van der Waals surface area contributed by atoms with Crippen LogP contribution in [0.15, 0.2) is 17.2 Å². The first-order chi connectivity index (χ1) is 7.70. The van der Waals surface area contributed by atoms with E-state index >= 15 is 0 Å². The molecule has 5 heteroatoms. The predicted molar refractivity (Wildman–Crippen MR) is 59.1 cm³/mol. The van der Waals surface area contributed by atoms with Crippen molar-refractivity contribution in [1.82, 2.24) is 14.9 Å². The van der Waals surface area contributed by atoms with Crippen LogP contribution in [-0.4, -0.2) is 33.9 Å². The molecule has 1 N–H and O–H groups in total. The van der Waals surface area contributed by atoms with Crippen LogP contribution in [0.5, 0.6) is 0 Å². The molecule has 1 aromatic rings. The molecule has 0 aliphatic carbocycles. The molecule has 5 nitrogen and oxygen atoms in total. The van der Waals surface area contributed by atoms with Crippen LogP contribution in [0.2, 0.25) is 0 Å². The maximum Gasteiger partial charge on any atom is 0.250 e. The standard InChI is InChI=1S/C11H15N3O2/c1-2-3-14-6-8(4-11(14)16)9-5-10(15)13-7-12-9/h5,7-8H,2-4,6H2,1H3,(H,12,13,15)/t8-/m1/s1. The Morgan fingerprint density at radius 3 is 3.06 bits per heavy atom. The Morgan fingerprint density at radius 1 is 1.56 bits per heavy atom. The fourth-order valence-corrected chi connectivity index (χ4v) is 2.06. The molecule has 1 fully saturated rings. The third kappa shape index (κ3) is 2.13. The number of carbonyl (C=O) groups is 1. The molecule has 0 unspecified atom stereocenters. The van der Waals surface area contributed by atoms with Gasteiger partial charge in [-0.1, -0.05) is 6.92 Å². The van der Waals surface area contributed by atoms with Crippen molar-refractivity contribution in [2.75, 3.05) is 13.1 Å². The van der Waals surface area contributed by atoms with Crippen molar-refractivity contribution < 1.29 is 4.79 Å². The number of amides is 1. The molecule has 1 aromatic heterocycles. The van der Waals surface area contributed by atoms with Crippen LogP contribution in [0.3, 0.4) is 0 Å². The molecule has 86 valence electrons. The van der Waals surface area contributed by atoms with Crippen LogP contribution in [-0.2, 0) is 4.79 Å². The summed E-state index contributed by atoms with van der Waals surface area (Å²) in [6.07, 6.45) is 2.82. The van der Waals surface area contributed by atoms with Crippen molar-refractivity contribution in [2.24, 2.45) is 0 Å². The van der Waals surface area contributed by atoms with E-state index in [0.717, 1.165) is 18.7 Å². The smallest absolute Gasteiger partial charge is 0.250 e. The van der Waals surface area contributed by atoms with Crippen molar-refractivity contribution in [3.63, 3.8) is 0 Å². The summed E-state index contributed by atoms with van der Waals surface area (Å²) in [5, 5.41) is 0. The minimum Gasteiger partial charge on any atom is -0.342 e. The average molecular weight is 221 g/mol. The Labute approximate surface area is 93.5 Å². The second-order valence-corrected chi connectivity index (χ2v) is 4.08. The first-order valence-corrected chi connectivity index (χ1v) is 5.53. The minimum absolute atomic E-state index is 0.0707. The lowest BCUT2D eigenvalue weighted by Gasteiger charge is -2.14. The summed E-state index contributed by atoms with van der Waals surface area (Å²) in [6.45, 7) is 3.52. The Morgan fingerprint density at radius 2 is 2.38 bits per heavy atom. The molecule has 0 saturated carbocycles. The number of aromatic amines is 1. The lowest BCUT2D eigenvalue weighted by Crippen LogP contribution is -2.25. The molecule has 0 spiro atoms. The van der Waals surface area contributed by atoms with E-state index in [9.17, 15) is 9.59 Å². The maximum absolute atomic E-state index is 11.6. The summed E-state index contributed by atoms with van der Waals surface area (Å²) in [6, 6.07) is 1.48. The maximum atomic E-state index is 11.6. The highest BCUT2D eigenvalue weighted by atomic mass is 16.2. The Hall–Kier alpha value is -1.65. The highest BCUT2D eigenvalue weighted by Crippen LogP contribution is 2.25. The van der Waals surface area contributed by atoms with Gasteiger partial charge < -0.3 is 9.88 Å². The lowest BCUT2D eigenvalue weighted by atomic mass is 10.0. The molecule has 1 aliphatic rings. The molecule has 2 heterocycles.